The number of carbonyl (C=O) groups is 2. The second kappa shape index (κ2) is 7.98. The van der Waals surface area contributed by atoms with Gasteiger partial charge in [0.05, 0.1) is 22.8 Å². The summed E-state index contributed by atoms with van der Waals surface area (Å²) in [6.07, 6.45) is 0. The lowest BCUT2D eigenvalue weighted by Gasteiger charge is -2.15. The fourth-order valence-corrected chi connectivity index (χ4v) is 3.81. The number of benzene rings is 2. The molecular weight excluding hydrogens is 370 g/mol. The van der Waals surface area contributed by atoms with Crippen LogP contribution in [0.2, 0.25) is 5.02 Å². The minimum absolute atomic E-state index is 0.312. The molecule has 2 aromatic carbocycles. The van der Waals surface area contributed by atoms with Crippen molar-refractivity contribution in [2.24, 2.45) is 0 Å². The van der Waals surface area contributed by atoms with Crippen LogP contribution in [-0.4, -0.2) is 24.2 Å². The van der Waals surface area contributed by atoms with Crippen molar-refractivity contribution in [3.8, 4) is 5.75 Å². The van der Waals surface area contributed by atoms with Gasteiger partial charge < -0.3 is 4.74 Å². The Kier molecular flexibility index (Phi) is 5.69. The molecule has 0 aromatic heterocycles. The first-order valence-corrected chi connectivity index (χ1v) is 9.67. The molecule has 4 nitrogen and oxygen atoms in total. The first-order valence-electron chi connectivity index (χ1n) is 8.31. The van der Waals surface area contributed by atoms with E-state index < -0.39 is 0 Å². The number of carbonyl (C=O) groups excluding carboxylic acids is 2. The summed E-state index contributed by atoms with van der Waals surface area (Å²) in [5.41, 5.74) is 1.60. The third-order valence-corrected chi connectivity index (χ3v) is 5.04. The van der Waals surface area contributed by atoms with Gasteiger partial charge in [-0.25, -0.2) is 4.90 Å². The van der Waals surface area contributed by atoms with Crippen molar-refractivity contribution in [1.29, 1.82) is 0 Å². The normalized spacial score (nSPS) is 14.3. The summed E-state index contributed by atoms with van der Waals surface area (Å²) in [6, 6.07) is 14.0. The van der Waals surface area contributed by atoms with Crippen molar-refractivity contribution in [2.45, 2.75) is 13.8 Å². The van der Waals surface area contributed by atoms with Gasteiger partial charge in [-0.05, 0) is 48.6 Å². The number of thioether (sulfide) groups is 1. The van der Waals surface area contributed by atoms with E-state index in [1.165, 1.54) is 16.7 Å². The second-order valence-electron chi connectivity index (χ2n) is 5.52. The van der Waals surface area contributed by atoms with E-state index in [-0.39, 0.29) is 11.8 Å². The van der Waals surface area contributed by atoms with Crippen LogP contribution >= 0.6 is 23.4 Å². The molecule has 0 unspecified atom stereocenters. The molecule has 1 aliphatic rings. The summed E-state index contributed by atoms with van der Waals surface area (Å²) in [5, 5.41) is 0.474. The molecule has 0 saturated heterocycles. The number of hydrogen-bond acceptors (Lipinski definition) is 4. The Labute approximate surface area is 161 Å². The molecule has 2 amide bonds. The zero-order valence-electron chi connectivity index (χ0n) is 14.5. The van der Waals surface area contributed by atoms with E-state index in [9.17, 15) is 9.59 Å². The minimum atomic E-state index is -0.336. The van der Waals surface area contributed by atoms with Gasteiger partial charge in [0.15, 0.2) is 0 Å². The van der Waals surface area contributed by atoms with Crippen LogP contribution in [-0.2, 0) is 9.59 Å². The van der Waals surface area contributed by atoms with Gasteiger partial charge in [0.25, 0.3) is 11.8 Å². The summed E-state index contributed by atoms with van der Waals surface area (Å²) < 4.78 is 5.45. The Hall–Kier alpha value is -2.24. The molecule has 0 atom stereocenters. The van der Waals surface area contributed by atoms with Gasteiger partial charge >= 0.3 is 0 Å². The van der Waals surface area contributed by atoms with E-state index in [1.54, 1.807) is 36.4 Å². The Morgan fingerprint density at radius 3 is 2.38 bits per heavy atom. The maximum Gasteiger partial charge on any atom is 0.272 e. The quantitative estimate of drug-likeness (QED) is 0.669. The number of hydrogen-bond donors (Lipinski definition) is 0. The molecule has 2 aromatic rings. The Balaban J connectivity index is 2.03. The topological polar surface area (TPSA) is 46.6 Å². The third kappa shape index (κ3) is 3.50. The SMILES string of the molecule is CCOc1ccc(C2=C(SCC)C(=O)N(c3cccc(Cl)c3)C2=O)cc1. The molecule has 0 radical (unpaired) electrons. The molecule has 1 heterocycles. The molecule has 1 aliphatic heterocycles. The van der Waals surface area contributed by atoms with Gasteiger partial charge in [-0.2, -0.15) is 0 Å². The minimum Gasteiger partial charge on any atom is -0.494 e. The summed E-state index contributed by atoms with van der Waals surface area (Å²) >= 11 is 7.41. The molecule has 0 saturated carbocycles. The van der Waals surface area contributed by atoms with Gasteiger partial charge in [-0.1, -0.05) is 36.7 Å². The monoisotopic (exact) mass is 387 g/mol. The van der Waals surface area contributed by atoms with E-state index >= 15 is 0 Å². The van der Waals surface area contributed by atoms with Crippen molar-refractivity contribution < 1.29 is 14.3 Å². The molecule has 3 rings (SSSR count). The van der Waals surface area contributed by atoms with Crippen LogP contribution in [0.4, 0.5) is 5.69 Å². The Morgan fingerprint density at radius 1 is 1.04 bits per heavy atom. The predicted molar refractivity (Wildman–Crippen MR) is 107 cm³/mol. The zero-order chi connectivity index (χ0) is 18.7. The number of amides is 2. The molecule has 26 heavy (non-hydrogen) atoms. The Bertz CT molecular complexity index is 877. The summed E-state index contributed by atoms with van der Waals surface area (Å²) in [7, 11) is 0. The van der Waals surface area contributed by atoms with Crippen molar-refractivity contribution >= 4 is 46.4 Å². The number of imide groups is 1. The molecule has 0 aliphatic carbocycles. The molecule has 0 fully saturated rings. The van der Waals surface area contributed by atoms with Gasteiger partial charge in [0.1, 0.15) is 5.75 Å². The van der Waals surface area contributed by atoms with Gasteiger partial charge in [0, 0.05) is 5.02 Å². The van der Waals surface area contributed by atoms with E-state index in [1.807, 2.05) is 26.0 Å². The molecule has 0 bridgehead atoms. The van der Waals surface area contributed by atoms with Crippen molar-refractivity contribution in [2.75, 3.05) is 17.3 Å². The van der Waals surface area contributed by atoms with E-state index in [4.69, 9.17) is 16.3 Å². The first kappa shape index (κ1) is 18.5. The number of rotatable bonds is 6. The molecule has 0 spiro atoms. The van der Waals surface area contributed by atoms with Crippen LogP contribution in [0.1, 0.15) is 19.4 Å². The van der Waals surface area contributed by atoms with Crippen LogP contribution in [0.3, 0.4) is 0 Å². The summed E-state index contributed by atoms with van der Waals surface area (Å²) in [6.45, 7) is 4.43. The molecule has 0 N–H and O–H groups in total. The highest BCUT2D eigenvalue weighted by Crippen LogP contribution is 2.39. The van der Waals surface area contributed by atoms with Crippen LogP contribution < -0.4 is 9.64 Å². The van der Waals surface area contributed by atoms with Crippen LogP contribution in [0, 0.1) is 0 Å². The zero-order valence-corrected chi connectivity index (χ0v) is 16.1. The van der Waals surface area contributed by atoms with Gasteiger partial charge in [-0.15, -0.1) is 11.8 Å². The molecule has 134 valence electrons. The second-order valence-corrected chi connectivity index (χ2v) is 7.23. The average molecular weight is 388 g/mol. The van der Waals surface area contributed by atoms with Crippen LogP contribution in [0.5, 0.6) is 5.75 Å². The number of nitrogens with zero attached hydrogens (tertiary/aromatic N) is 1. The highest BCUT2D eigenvalue weighted by molar-refractivity contribution is 8.04. The number of ether oxygens (including phenoxy) is 1. The largest absolute Gasteiger partial charge is 0.494 e. The predicted octanol–water partition coefficient (Wildman–Crippen LogP) is 4.78. The van der Waals surface area contributed by atoms with Crippen molar-refractivity contribution in [3.63, 3.8) is 0 Å². The highest BCUT2D eigenvalue weighted by Gasteiger charge is 2.40. The summed E-state index contributed by atoms with van der Waals surface area (Å²) in [4.78, 5) is 27.7. The maximum atomic E-state index is 13.1. The van der Waals surface area contributed by atoms with Crippen LogP contribution in [0.25, 0.3) is 5.57 Å². The van der Waals surface area contributed by atoms with Gasteiger partial charge in [-0.3, -0.25) is 9.59 Å². The van der Waals surface area contributed by atoms with E-state index in [0.29, 0.717) is 39.1 Å². The van der Waals surface area contributed by atoms with Crippen molar-refractivity contribution in [3.05, 3.63) is 64.0 Å². The van der Waals surface area contributed by atoms with Crippen molar-refractivity contribution in [1.82, 2.24) is 0 Å². The number of anilines is 1. The smallest absolute Gasteiger partial charge is 0.272 e. The lowest BCUT2D eigenvalue weighted by atomic mass is 10.1. The fraction of sp³-hybridized carbons (Fsp3) is 0.200. The molecule has 6 heteroatoms. The van der Waals surface area contributed by atoms with Crippen LogP contribution in [0.15, 0.2) is 53.4 Å². The lowest BCUT2D eigenvalue weighted by Crippen LogP contribution is -2.31. The van der Waals surface area contributed by atoms with E-state index in [2.05, 4.69) is 0 Å². The Morgan fingerprint density at radius 2 is 1.77 bits per heavy atom. The highest BCUT2D eigenvalue weighted by atomic mass is 35.5. The number of halogens is 1. The first-order chi connectivity index (χ1) is 12.6. The van der Waals surface area contributed by atoms with Gasteiger partial charge in [0.2, 0.25) is 0 Å². The molecular formula is C20H18ClNO3S. The standard InChI is InChI=1S/C20H18ClNO3S/c1-3-25-16-10-8-13(9-11-16)17-18(26-4-2)20(24)22(19(17)23)15-7-5-6-14(21)12-15/h5-12H,3-4H2,1-2H3. The fourth-order valence-electron chi connectivity index (χ4n) is 2.78. The third-order valence-electron chi connectivity index (χ3n) is 3.85. The summed E-state index contributed by atoms with van der Waals surface area (Å²) in [5.74, 6) is 0.772. The maximum absolute atomic E-state index is 13.1. The average Bonchev–Trinajstić information content (AvgIpc) is 2.87. The lowest BCUT2D eigenvalue weighted by molar-refractivity contribution is -0.119. The van der Waals surface area contributed by atoms with E-state index in [0.717, 1.165) is 5.75 Å².